The average molecular weight is 362 g/mol. The standard InChI is InChI=1S/C18H30N6O2/c1-12-17(13(2)22(4)21-12)20-16(25)11-23-7-9-24(10-8-23)14(3)18(26)19-15-5-6-15/h14-15H,5-11H2,1-4H3,(H,19,26)(H,20,25)/t14-/m1/s1. The van der Waals surface area contributed by atoms with E-state index >= 15 is 0 Å². The third kappa shape index (κ3) is 4.42. The molecule has 3 rings (SSSR count). The summed E-state index contributed by atoms with van der Waals surface area (Å²) in [5.74, 6) is 0.110. The molecule has 1 atom stereocenters. The van der Waals surface area contributed by atoms with E-state index in [0.717, 1.165) is 56.1 Å². The molecule has 0 spiro atoms. The molecule has 0 bridgehead atoms. The Labute approximate surface area is 154 Å². The first kappa shape index (κ1) is 18.8. The number of nitrogens with one attached hydrogen (secondary N) is 2. The average Bonchev–Trinajstić information content (AvgIpc) is 3.38. The van der Waals surface area contributed by atoms with Crippen LogP contribution in [0, 0.1) is 13.8 Å². The molecule has 26 heavy (non-hydrogen) atoms. The highest BCUT2D eigenvalue weighted by Crippen LogP contribution is 2.20. The van der Waals surface area contributed by atoms with Gasteiger partial charge in [0.2, 0.25) is 11.8 Å². The lowest BCUT2D eigenvalue weighted by molar-refractivity contribution is -0.127. The molecule has 2 N–H and O–H groups in total. The van der Waals surface area contributed by atoms with Crippen molar-refractivity contribution in [1.29, 1.82) is 0 Å². The number of aromatic nitrogens is 2. The lowest BCUT2D eigenvalue weighted by Crippen LogP contribution is -2.55. The third-order valence-electron chi connectivity index (χ3n) is 5.40. The van der Waals surface area contributed by atoms with E-state index in [2.05, 4.69) is 25.5 Å². The Balaban J connectivity index is 1.44. The number of carbonyl (C=O) groups excluding carboxylic acids is 2. The van der Waals surface area contributed by atoms with Crippen molar-refractivity contribution in [2.75, 3.05) is 38.0 Å². The van der Waals surface area contributed by atoms with E-state index in [9.17, 15) is 9.59 Å². The van der Waals surface area contributed by atoms with Crippen LogP contribution in [0.2, 0.25) is 0 Å². The van der Waals surface area contributed by atoms with Crippen LogP contribution in [0.15, 0.2) is 0 Å². The lowest BCUT2D eigenvalue weighted by atomic mass is 10.2. The Bertz CT molecular complexity index is 673. The number of hydrogen-bond donors (Lipinski definition) is 2. The van der Waals surface area contributed by atoms with Crippen molar-refractivity contribution >= 4 is 17.5 Å². The Morgan fingerprint density at radius 2 is 1.85 bits per heavy atom. The zero-order valence-corrected chi connectivity index (χ0v) is 16.2. The predicted molar refractivity (Wildman–Crippen MR) is 100.0 cm³/mol. The van der Waals surface area contributed by atoms with Crippen LogP contribution >= 0.6 is 0 Å². The maximum Gasteiger partial charge on any atom is 0.238 e. The molecule has 1 saturated carbocycles. The van der Waals surface area contributed by atoms with Crippen LogP contribution in [-0.2, 0) is 16.6 Å². The van der Waals surface area contributed by atoms with Crippen LogP contribution in [-0.4, -0.2) is 76.2 Å². The van der Waals surface area contributed by atoms with Crippen molar-refractivity contribution in [2.45, 2.75) is 45.7 Å². The maximum absolute atomic E-state index is 12.4. The summed E-state index contributed by atoms with van der Waals surface area (Å²) in [7, 11) is 1.87. The van der Waals surface area contributed by atoms with Gasteiger partial charge >= 0.3 is 0 Å². The second-order valence-electron chi connectivity index (χ2n) is 7.49. The van der Waals surface area contributed by atoms with Gasteiger partial charge in [-0.05, 0) is 33.6 Å². The van der Waals surface area contributed by atoms with Crippen molar-refractivity contribution in [3.63, 3.8) is 0 Å². The normalized spacial score (nSPS) is 20.0. The van der Waals surface area contributed by atoms with Gasteiger partial charge in [0.1, 0.15) is 0 Å². The van der Waals surface area contributed by atoms with Crippen LogP contribution in [0.3, 0.4) is 0 Å². The van der Waals surface area contributed by atoms with Gasteiger partial charge in [-0.2, -0.15) is 5.10 Å². The molecule has 2 fully saturated rings. The maximum atomic E-state index is 12.4. The summed E-state index contributed by atoms with van der Waals surface area (Å²) in [6.45, 7) is 9.37. The minimum Gasteiger partial charge on any atom is -0.352 e. The first-order chi connectivity index (χ1) is 12.3. The summed E-state index contributed by atoms with van der Waals surface area (Å²) >= 11 is 0. The molecule has 8 nitrogen and oxygen atoms in total. The van der Waals surface area contributed by atoms with E-state index in [1.54, 1.807) is 4.68 Å². The van der Waals surface area contributed by atoms with Crippen LogP contribution in [0.25, 0.3) is 0 Å². The topological polar surface area (TPSA) is 82.5 Å². The molecule has 144 valence electrons. The van der Waals surface area contributed by atoms with Crippen LogP contribution in [0.4, 0.5) is 5.69 Å². The van der Waals surface area contributed by atoms with Crippen molar-refractivity contribution in [2.24, 2.45) is 7.05 Å². The highest BCUT2D eigenvalue weighted by Gasteiger charge is 2.30. The van der Waals surface area contributed by atoms with Gasteiger partial charge in [-0.15, -0.1) is 0 Å². The summed E-state index contributed by atoms with van der Waals surface area (Å²) in [5, 5.41) is 10.4. The monoisotopic (exact) mass is 362 g/mol. The zero-order chi connectivity index (χ0) is 18.8. The first-order valence-corrected chi connectivity index (χ1v) is 9.42. The molecule has 1 aliphatic carbocycles. The first-order valence-electron chi connectivity index (χ1n) is 9.42. The molecule has 1 aliphatic heterocycles. The smallest absolute Gasteiger partial charge is 0.238 e. The van der Waals surface area contributed by atoms with Gasteiger partial charge in [-0.1, -0.05) is 0 Å². The quantitative estimate of drug-likeness (QED) is 0.759. The number of rotatable bonds is 6. The van der Waals surface area contributed by atoms with E-state index in [1.165, 1.54) is 0 Å². The number of aryl methyl sites for hydroxylation is 2. The van der Waals surface area contributed by atoms with Crippen molar-refractivity contribution in [1.82, 2.24) is 24.9 Å². The van der Waals surface area contributed by atoms with Crippen molar-refractivity contribution in [3.05, 3.63) is 11.4 Å². The largest absolute Gasteiger partial charge is 0.352 e. The zero-order valence-electron chi connectivity index (χ0n) is 16.2. The fourth-order valence-corrected chi connectivity index (χ4v) is 3.36. The minimum atomic E-state index is -0.104. The van der Waals surface area contributed by atoms with Gasteiger partial charge in [0, 0.05) is 39.3 Å². The molecule has 2 amide bonds. The number of amides is 2. The van der Waals surface area contributed by atoms with E-state index in [4.69, 9.17) is 0 Å². The van der Waals surface area contributed by atoms with E-state index in [1.807, 2.05) is 27.8 Å². The lowest BCUT2D eigenvalue weighted by Gasteiger charge is -2.37. The number of hydrogen-bond acceptors (Lipinski definition) is 5. The molecule has 0 unspecified atom stereocenters. The SMILES string of the molecule is Cc1nn(C)c(C)c1NC(=O)CN1CCN([C@H](C)C(=O)NC2CC2)CC1. The molecular weight excluding hydrogens is 332 g/mol. The second-order valence-corrected chi connectivity index (χ2v) is 7.49. The van der Waals surface area contributed by atoms with Crippen LogP contribution in [0.1, 0.15) is 31.2 Å². The van der Waals surface area contributed by atoms with Crippen molar-refractivity contribution < 1.29 is 9.59 Å². The number of anilines is 1. The van der Waals surface area contributed by atoms with Gasteiger partial charge < -0.3 is 10.6 Å². The molecule has 1 aromatic rings. The molecule has 1 aromatic heterocycles. The van der Waals surface area contributed by atoms with Gasteiger partial charge in [-0.3, -0.25) is 24.1 Å². The molecular formula is C18H30N6O2. The van der Waals surface area contributed by atoms with E-state index in [0.29, 0.717) is 12.6 Å². The summed E-state index contributed by atoms with van der Waals surface area (Å²) in [6, 6.07) is 0.293. The number of nitrogens with zero attached hydrogens (tertiary/aromatic N) is 4. The second kappa shape index (κ2) is 7.75. The molecule has 0 radical (unpaired) electrons. The molecule has 2 heterocycles. The Morgan fingerprint density at radius 3 is 2.38 bits per heavy atom. The van der Waals surface area contributed by atoms with Gasteiger partial charge in [0.05, 0.1) is 29.7 Å². The van der Waals surface area contributed by atoms with E-state index in [-0.39, 0.29) is 17.9 Å². The minimum absolute atomic E-state index is 0.0165. The van der Waals surface area contributed by atoms with Gasteiger partial charge in [0.25, 0.3) is 0 Å². The summed E-state index contributed by atoms with van der Waals surface area (Å²) in [4.78, 5) is 28.9. The van der Waals surface area contributed by atoms with Crippen LogP contribution in [0.5, 0.6) is 0 Å². The predicted octanol–water partition coefficient (Wildman–Crippen LogP) is 0.260. The fourth-order valence-electron chi connectivity index (χ4n) is 3.36. The molecule has 0 aromatic carbocycles. The van der Waals surface area contributed by atoms with Crippen molar-refractivity contribution in [3.8, 4) is 0 Å². The Morgan fingerprint density at radius 1 is 1.19 bits per heavy atom. The van der Waals surface area contributed by atoms with E-state index < -0.39 is 0 Å². The fraction of sp³-hybridized carbons (Fsp3) is 0.722. The molecule has 8 heteroatoms. The Kier molecular flexibility index (Phi) is 5.62. The third-order valence-corrected chi connectivity index (χ3v) is 5.40. The summed E-state index contributed by atoms with van der Waals surface area (Å²) < 4.78 is 1.78. The van der Waals surface area contributed by atoms with Gasteiger partial charge in [0.15, 0.2) is 0 Å². The molecule has 2 aliphatic rings. The molecule has 1 saturated heterocycles. The van der Waals surface area contributed by atoms with Gasteiger partial charge in [-0.25, -0.2) is 0 Å². The number of piperazine rings is 1. The summed E-state index contributed by atoms with van der Waals surface area (Å²) in [5.41, 5.74) is 2.59. The summed E-state index contributed by atoms with van der Waals surface area (Å²) in [6.07, 6.45) is 2.22. The highest BCUT2D eigenvalue weighted by atomic mass is 16.2. The van der Waals surface area contributed by atoms with Crippen LogP contribution < -0.4 is 10.6 Å². The highest BCUT2D eigenvalue weighted by molar-refractivity contribution is 5.93. The number of carbonyl (C=O) groups is 2. The Hall–Kier alpha value is -1.93.